The zero-order chi connectivity index (χ0) is 30.9. The molecule has 1 atom stereocenters. The molecule has 2 aromatic carbocycles. The first-order valence-electron chi connectivity index (χ1n) is 14.3. The number of methoxy groups -OCH3 is 1. The van der Waals surface area contributed by atoms with E-state index in [1.807, 2.05) is 45.0 Å². The van der Waals surface area contributed by atoms with Crippen molar-refractivity contribution in [3.8, 4) is 11.1 Å². The van der Waals surface area contributed by atoms with E-state index >= 15 is 0 Å². The number of rotatable bonds is 9. The molecule has 1 unspecified atom stereocenters. The largest absolute Gasteiger partial charge is 0.376 e. The van der Waals surface area contributed by atoms with Gasteiger partial charge in [-0.1, -0.05) is 62.2 Å². The minimum absolute atomic E-state index is 0.0115. The van der Waals surface area contributed by atoms with Gasteiger partial charge >= 0.3 is 0 Å². The second kappa shape index (κ2) is 14.7. The van der Waals surface area contributed by atoms with E-state index < -0.39 is 5.91 Å². The third kappa shape index (κ3) is 7.16. The van der Waals surface area contributed by atoms with Crippen LogP contribution in [0.2, 0.25) is 5.02 Å². The maximum atomic E-state index is 13.0. The molecule has 0 radical (unpaired) electrons. The van der Waals surface area contributed by atoms with Gasteiger partial charge in [-0.15, -0.1) is 0 Å². The highest BCUT2D eigenvalue weighted by Gasteiger charge is 2.29. The third-order valence-electron chi connectivity index (χ3n) is 7.45. The Labute approximate surface area is 256 Å². The lowest BCUT2D eigenvalue weighted by Crippen LogP contribution is -2.22. The van der Waals surface area contributed by atoms with Gasteiger partial charge in [0.15, 0.2) is 6.29 Å². The molecule has 2 amide bonds. The molecule has 2 heterocycles. The lowest BCUT2D eigenvalue weighted by atomic mass is 9.79. The van der Waals surface area contributed by atoms with E-state index in [1.165, 1.54) is 24.8 Å². The van der Waals surface area contributed by atoms with Crippen molar-refractivity contribution < 1.29 is 19.1 Å². The maximum Gasteiger partial charge on any atom is 0.274 e. The smallest absolute Gasteiger partial charge is 0.274 e. The number of ether oxygens (including phenoxy) is 1. The fraction of sp³-hybridized carbons (Fsp3) is 0.265. The fourth-order valence-corrected chi connectivity index (χ4v) is 5.21. The van der Waals surface area contributed by atoms with E-state index in [0.29, 0.717) is 39.7 Å². The van der Waals surface area contributed by atoms with Crippen LogP contribution in [0.25, 0.3) is 11.1 Å². The van der Waals surface area contributed by atoms with E-state index in [4.69, 9.17) is 16.3 Å². The minimum Gasteiger partial charge on any atom is -0.376 e. The van der Waals surface area contributed by atoms with Crippen molar-refractivity contribution in [1.29, 1.82) is 0 Å². The van der Waals surface area contributed by atoms with E-state index in [1.54, 1.807) is 37.6 Å². The van der Waals surface area contributed by atoms with Crippen molar-refractivity contribution in [2.45, 2.75) is 46.1 Å². The number of nitrogens with zero attached hydrogens (tertiary/aromatic N) is 2. The van der Waals surface area contributed by atoms with Crippen molar-refractivity contribution in [1.82, 2.24) is 9.97 Å². The normalized spacial score (nSPS) is 13.1. The topological polar surface area (TPSA) is 110 Å². The summed E-state index contributed by atoms with van der Waals surface area (Å²) in [5.74, 6) is -0.290. The number of carbonyl (C=O) groups excluding carboxylic acids is 3. The molecule has 222 valence electrons. The zero-order valence-corrected chi connectivity index (χ0v) is 25.4. The van der Waals surface area contributed by atoms with E-state index in [-0.39, 0.29) is 23.4 Å². The number of amides is 2. The molecule has 0 spiro atoms. The highest BCUT2D eigenvalue weighted by Crippen LogP contribution is 2.40. The van der Waals surface area contributed by atoms with Crippen LogP contribution in [0.4, 0.5) is 11.4 Å². The van der Waals surface area contributed by atoms with Crippen LogP contribution in [0.15, 0.2) is 73.1 Å². The van der Waals surface area contributed by atoms with E-state index in [0.717, 1.165) is 29.5 Å². The van der Waals surface area contributed by atoms with Crippen molar-refractivity contribution in [2.75, 3.05) is 17.7 Å². The molecule has 2 N–H and O–H groups in total. The molecule has 0 bridgehead atoms. The maximum absolute atomic E-state index is 13.0. The van der Waals surface area contributed by atoms with Gasteiger partial charge in [-0.2, -0.15) is 0 Å². The molecular weight excluding hydrogens is 564 g/mol. The SMILES string of the molecule is CC.COC(c1ccc(C(=O)Nc2cccc(-c3cccc(NC(=O)c4ccc(C=O)cn4)c3C)c2Cl)nc1)C1CCC1. The molecule has 1 aliphatic rings. The third-order valence-corrected chi connectivity index (χ3v) is 7.86. The lowest BCUT2D eigenvalue weighted by molar-refractivity contribution is 0.0176. The predicted octanol–water partition coefficient (Wildman–Crippen LogP) is 7.94. The number of hydrogen-bond acceptors (Lipinski definition) is 6. The molecule has 0 saturated heterocycles. The van der Waals surface area contributed by atoms with Crippen molar-refractivity contribution in [2.24, 2.45) is 5.92 Å². The van der Waals surface area contributed by atoms with Gasteiger partial charge in [0.1, 0.15) is 11.4 Å². The molecule has 1 fully saturated rings. The van der Waals surface area contributed by atoms with Gasteiger partial charge in [0.2, 0.25) is 0 Å². The van der Waals surface area contributed by atoms with Crippen LogP contribution in [-0.2, 0) is 4.74 Å². The zero-order valence-electron chi connectivity index (χ0n) is 24.7. The van der Waals surface area contributed by atoms with Crippen LogP contribution in [-0.4, -0.2) is 35.2 Å². The molecule has 4 aromatic rings. The molecule has 1 saturated carbocycles. The Morgan fingerprint density at radius 3 is 2.02 bits per heavy atom. The summed E-state index contributed by atoms with van der Waals surface area (Å²) >= 11 is 6.79. The van der Waals surface area contributed by atoms with Crippen LogP contribution in [0.3, 0.4) is 0 Å². The predicted molar refractivity (Wildman–Crippen MR) is 170 cm³/mol. The summed E-state index contributed by atoms with van der Waals surface area (Å²) in [4.78, 5) is 45.1. The van der Waals surface area contributed by atoms with Gasteiger partial charge in [-0.3, -0.25) is 24.4 Å². The number of nitrogens with one attached hydrogen (secondary N) is 2. The van der Waals surface area contributed by atoms with Gasteiger partial charge in [-0.05, 0) is 72.7 Å². The average Bonchev–Trinajstić information content (AvgIpc) is 3.02. The number of aldehydes is 1. The fourth-order valence-electron chi connectivity index (χ4n) is 4.93. The first-order chi connectivity index (χ1) is 20.9. The van der Waals surface area contributed by atoms with Crippen molar-refractivity contribution in [3.05, 3.63) is 106 Å². The number of anilines is 2. The summed E-state index contributed by atoms with van der Waals surface area (Å²) in [6.07, 6.45) is 7.20. The molecule has 5 rings (SSSR count). The van der Waals surface area contributed by atoms with Gasteiger partial charge in [0, 0.05) is 36.3 Å². The number of halogens is 1. The Morgan fingerprint density at radius 1 is 0.884 bits per heavy atom. The van der Waals surface area contributed by atoms with Gasteiger partial charge in [-0.25, -0.2) is 0 Å². The number of benzene rings is 2. The minimum atomic E-state index is -0.405. The molecule has 1 aliphatic carbocycles. The van der Waals surface area contributed by atoms with Crippen LogP contribution in [0, 0.1) is 12.8 Å². The second-order valence-corrected chi connectivity index (χ2v) is 10.4. The van der Waals surface area contributed by atoms with Gasteiger partial charge < -0.3 is 15.4 Å². The molecule has 2 aromatic heterocycles. The molecule has 9 heteroatoms. The standard InChI is InChI=1S/C32H29ClN4O4.C2H6/c1-19-23(8-4-10-25(19)36-31(39)27-14-12-20(18-38)16-34-27)24-9-5-11-26(29(24)33)37-32(40)28-15-13-22(17-35-28)30(41-2)21-6-3-7-21;1-2/h4-5,8-18,21,30H,3,6-7H2,1-2H3,(H,36,39)(H,37,40);1-2H3. The Bertz CT molecular complexity index is 1590. The number of hydrogen-bond donors (Lipinski definition) is 2. The highest BCUT2D eigenvalue weighted by molar-refractivity contribution is 6.36. The van der Waals surface area contributed by atoms with Crippen LogP contribution >= 0.6 is 11.6 Å². The Hall–Kier alpha value is -4.40. The first-order valence-corrected chi connectivity index (χ1v) is 14.7. The number of pyridine rings is 2. The monoisotopic (exact) mass is 598 g/mol. The van der Waals surface area contributed by atoms with Gasteiger partial charge in [0.05, 0.1) is 16.8 Å². The quantitative estimate of drug-likeness (QED) is 0.189. The first kappa shape index (κ1) is 31.5. The molecule has 0 aliphatic heterocycles. The number of aromatic nitrogens is 2. The van der Waals surface area contributed by atoms with E-state index in [9.17, 15) is 14.4 Å². The molecule has 8 nitrogen and oxygen atoms in total. The van der Waals surface area contributed by atoms with Crippen LogP contribution < -0.4 is 10.6 Å². The Balaban J connectivity index is 0.00000207. The number of carbonyl (C=O) groups is 3. The summed E-state index contributed by atoms with van der Waals surface area (Å²) in [5, 5.41) is 6.11. The summed E-state index contributed by atoms with van der Waals surface area (Å²) in [7, 11) is 1.70. The Kier molecular flexibility index (Phi) is 10.8. The summed E-state index contributed by atoms with van der Waals surface area (Å²) < 4.78 is 5.68. The Morgan fingerprint density at radius 2 is 1.49 bits per heavy atom. The average molecular weight is 599 g/mol. The molecular formula is C34H35ClN4O4. The summed E-state index contributed by atoms with van der Waals surface area (Å²) in [6.45, 7) is 5.87. The summed E-state index contributed by atoms with van der Waals surface area (Å²) in [6, 6.07) is 17.5. The van der Waals surface area contributed by atoms with Crippen LogP contribution in [0.5, 0.6) is 0 Å². The van der Waals surface area contributed by atoms with E-state index in [2.05, 4.69) is 20.6 Å². The van der Waals surface area contributed by atoms with Crippen molar-refractivity contribution >= 4 is 41.1 Å². The lowest BCUT2D eigenvalue weighted by Gasteiger charge is -2.32. The van der Waals surface area contributed by atoms with Crippen molar-refractivity contribution in [3.63, 3.8) is 0 Å². The van der Waals surface area contributed by atoms with Crippen LogP contribution in [0.1, 0.15) is 81.7 Å². The second-order valence-electron chi connectivity index (χ2n) is 9.97. The van der Waals surface area contributed by atoms with Gasteiger partial charge in [0.25, 0.3) is 11.8 Å². The summed E-state index contributed by atoms with van der Waals surface area (Å²) in [5.41, 5.74) is 5.10. The molecule has 43 heavy (non-hydrogen) atoms. The highest BCUT2D eigenvalue weighted by atomic mass is 35.5.